The standard InChI is InChI=1S/C20H12Cl2N2O4/c21-12-6-8-14(24(26)27)19-16(12)20(25)17-13(23-19)7-9-15(18(17)22)28-10-11-4-2-1-3-5-11/h1-9H,10H2,(H,23,25). The number of hydrogen-bond acceptors (Lipinski definition) is 4. The Morgan fingerprint density at radius 2 is 1.75 bits per heavy atom. The van der Waals surface area contributed by atoms with Crippen LogP contribution in [0.1, 0.15) is 5.56 Å². The van der Waals surface area contributed by atoms with Gasteiger partial charge in [0.25, 0.3) is 5.69 Å². The van der Waals surface area contributed by atoms with Crippen molar-refractivity contribution in [2.45, 2.75) is 6.61 Å². The highest BCUT2D eigenvalue weighted by Gasteiger charge is 2.21. The first-order chi connectivity index (χ1) is 13.5. The molecule has 0 radical (unpaired) electrons. The Labute approximate surface area is 168 Å². The van der Waals surface area contributed by atoms with Crippen LogP contribution in [0, 0.1) is 10.1 Å². The second-order valence-electron chi connectivity index (χ2n) is 6.10. The third-order valence-corrected chi connectivity index (χ3v) is 5.08. The molecular formula is C20H12Cl2N2O4. The van der Waals surface area contributed by atoms with E-state index in [9.17, 15) is 14.9 Å². The summed E-state index contributed by atoms with van der Waals surface area (Å²) in [5, 5.41) is 11.7. The largest absolute Gasteiger partial charge is 0.487 e. The van der Waals surface area contributed by atoms with Crippen molar-refractivity contribution in [3.63, 3.8) is 0 Å². The van der Waals surface area contributed by atoms with Gasteiger partial charge in [0, 0.05) is 6.07 Å². The van der Waals surface area contributed by atoms with E-state index in [0.717, 1.165) is 5.56 Å². The van der Waals surface area contributed by atoms with Gasteiger partial charge in [-0.2, -0.15) is 0 Å². The van der Waals surface area contributed by atoms with Crippen molar-refractivity contribution in [1.29, 1.82) is 0 Å². The highest BCUT2D eigenvalue weighted by atomic mass is 35.5. The molecule has 4 aromatic rings. The van der Waals surface area contributed by atoms with Gasteiger partial charge in [0.05, 0.1) is 31.3 Å². The average molecular weight is 415 g/mol. The van der Waals surface area contributed by atoms with E-state index in [1.807, 2.05) is 30.3 Å². The van der Waals surface area contributed by atoms with E-state index < -0.39 is 10.4 Å². The Balaban J connectivity index is 1.89. The second-order valence-corrected chi connectivity index (χ2v) is 6.89. The van der Waals surface area contributed by atoms with E-state index in [1.165, 1.54) is 12.1 Å². The molecule has 4 rings (SSSR count). The number of nitro benzene ring substituents is 1. The molecule has 8 heteroatoms. The zero-order chi connectivity index (χ0) is 19.8. The quantitative estimate of drug-likeness (QED) is 0.272. The van der Waals surface area contributed by atoms with Crippen molar-refractivity contribution >= 4 is 50.7 Å². The molecule has 0 atom stereocenters. The third-order valence-electron chi connectivity index (χ3n) is 4.39. The van der Waals surface area contributed by atoms with Gasteiger partial charge in [-0.05, 0) is 23.8 Å². The number of H-pyrrole nitrogens is 1. The minimum atomic E-state index is -0.570. The number of pyridine rings is 1. The van der Waals surface area contributed by atoms with Crippen LogP contribution in [-0.2, 0) is 6.61 Å². The zero-order valence-electron chi connectivity index (χ0n) is 14.2. The predicted octanol–water partition coefficient (Wildman–Crippen LogP) is 5.48. The zero-order valence-corrected chi connectivity index (χ0v) is 15.8. The summed E-state index contributed by atoms with van der Waals surface area (Å²) in [6.07, 6.45) is 0. The molecule has 0 amide bonds. The monoisotopic (exact) mass is 414 g/mol. The molecule has 0 fully saturated rings. The van der Waals surface area contributed by atoms with Crippen LogP contribution in [0.15, 0.2) is 59.4 Å². The van der Waals surface area contributed by atoms with E-state index in [0.29, 0.717) is 11.3 Å². The Morgan fingerprint density at radius 1 is 1.00 bits per heavy atom. The lowest BCUT2D eigenvalue weighted by Crippen LogP contribution is -2.08. The van der Waals surface area contributed by atoms with Crippen LogP contribution in [-0.4, -0.2) is 9.91 Å². The molecule has 1 N–H and O–H groups in total. The predicted molar refractivity (Wildman–Crippen MR) is 110 cm³/mol. The van der Waals surface area contributed by atoms with Crippen LogP contribution < -0.4 is 10.2 Å². The van der Waals surface area contributed by atoms with E-state index in [4.69, 9.17) is 27.9 Å². The van der Waals surface area contributed by atoms with E-state index in [2.05, 4.69) is 4.98 Å². The van der Waals surface area contributed by atoms with Crippen LogP contribution in [0.4, 0.5) is 5.69 Å². The fourth-order valence-electron chi connectivity index (χ4n) is 3.06. The number of halogens is 2. The molecule has 6 nitrogen and oxygen atoms in total. The Bertz CT molecular complexity index is 1290. The fourth-order valence-corrected chi connectivity index (χ4v) is 3.60. The number of benzene rings is 3. The molecule has 0 aliphatic carbocycles. The topological polar surface area (TPSA) is 85.2 Å². The van der Waals surface area contributed by atoms with Crippen LogP contribution >= 0.6 is 23.2 Å². The Morgan fingerprint density at radius 3 is 2.46 bits per heavy atom. The van der Waals surface area contributed by atoms with Crippen molar-refractivity contribution < 1.29 is 9.66 Å². The molecule has 0 spiro atoms. The lowest BCUT2D eigenvalue weighted by molar-refractivity contribution is -0.383. The summed E-state index contributed by atoms with van der Waals surface area (Å²) in [6.45, 7) is 0.282. The van der Waals surface area contributed by atoms with Gasteiger partial charge in [0.1, 0.15) is 17.9 Å². The van der Waals surface area contributed by atoms with Crippen molar-refractivity contribution in [2.75, 3.05) is 0 Å². The van der Waals surface area contributed by atoms with Crippen LogP contribution in [0.3, 0.4) is 0 Å². The van der Waals surface area contributed by atoms with Gasteiger partial charge < -0.3 is 9.72 Å². The lowest BCUT2D eigenvalue weighted by atomic mass is 10.1. The van der Waals surface area contributed by atoms with Crippen LogP contribution in [0.5, 0.6) is 5.75 Å². The Hall–Kier alpha value is -3.09. The highest BCUT2D eigenvalue weighted by molar-refractivity contribution is 6.38. The number of aromatic amines is 1. The minimum absolute atomic E-state index is 0.0190. The third kappa shape index (κ3) is 3.06. The number of nitrogens with one attached hydrogen (secondary N) is 1. The SMILES string of the molecule is O=c1c2c(Cl)c(OCc3ccccc3)ccc2[nH]c2c([N+](=O)[O-])ccc(Cl)c12. The van der Waals surface area contributed by atoms with Gasteiger partial charge in [-0.15, -0.1) is 0 Å². The summed E-state index contributed by atoms with van der Waals surface area (Å²) < 4.78 is 5.76. The molecular weight excluding hydrogens is 403 g/mol. The number of hydrogen-bond donors (Lipinski definition) is 1. The van der Waals surface area contributed by atoms with Gasteiger partial charge in [-0.3, -0.25) is 14.9 Å². The van der Waals surface area contributed by atoms with E-state index in [1.54, 1.807) is 12.1 Å². The first-order valence-corrected chi connectivity index (χ1v) is 9.01. The van der Waals surface area contributed by atoms with E-state index in [-0.39, 0.29) is 38.6 Å². The first-order valence-electron chi connectivity index (χ1n) is 8.25. The Kier molecular flexibility index (Phi) is 4.66. The second kappa shape index (κ2) is 7.14. The van der Waals surface area contributed by atoms with Gasteiger partial charge in [0.2, 0.25) is 5.43 Å². The first kappa shape index (κ1) is 18.3. The molecule has 0 unspecified atom stereocenters. The number of aromatic nitrogens is 1. The maximum Gasteiger partial charge on any atom is 0.293 e. The molecule has 3 aromatic carbocycles. The van der Waals surface area contributed by atoms with Crippen molar-refractivity contribution in [1.82, 2.24) is 4.98 Å². The molecule has 28 heavy (non-hydrogen) atoms. The molecule has 0 saturated heterocycles. The molecule has 1 heterocycles. The van der Waals surface area contributed by atoms with Gasteiger partial charge in [0.15, 0.2) is 0 Å². The van der Waals surface area contributed by atoms with E-state index >= 15 is 0 Å². The number of nitrogens with zero attached hydrogens (tertiary/aromatic N) is 1. The smallest absolute Gasteiger partial charge is 0.293 e. The summed E-state index contributed by atoms with van der Waals surface area (Å²) in [4.78, 5) is 26.7. The number of rotatable bonds is 4. The summed E-state index contributed by atoms with van der Waals surface area (Å²) >= 11 is 12.6. The lowest BCUT2D eigenvalue weighted by Gasteiger charge is -2.11. The molecule has 1 aromatic heterocycles. The maximum absolute atomic E-state index is 13.1. The maximum atomic E-state index is 13.1. The summed E-state index contributed by atoms with van der Waals surface area (Å²) in [5.74, 6) is 0.337. The minimum Gasteiger partial charge on any atom is -0.487 e. The normalized spacial score (nSPS) is 11.1. The molecule has 0 aliphatic heterocycles. The molecule has 140 valence electrons. The fraction of sp³-hybridized carbons (Fsp3) is 0.0500. The molecule has 0 aliphatic rings. The highest BCUT2D eigenvalue weighted by Crippen LogP contribution is 2.35. The number of ether oxygens (including phenoxy) is 1. The summed E-state index contributed by atoms with van der Waals surface area (Å²) in [6, 6.07) is 15.3. The van der Waals surface area contributed by atoms with Gasteiger partial charge >= 0.3 is 0 Å². The number of non-ortho nitro benzene ring substituents is 1. The van der Waals surface area contributed by atoms with Crippen LogP contribution in [0.2, 0.25) is 10.0 Å². The molecule has 0 bridgehead atoms. The van der Waals surface area contributed by atoms with Gasteiger partial charge in [-0.1, -0.05) is 53.5 Å². The van der Waals surface area contributed by atoms with Gasteiger partial charge in [-0.25, -0.2) is 0 Å². The van der Waals surface area contributed by atoms with Crippen molar-refractivity contribution in [3.8, 4) is 5.75 Å². The van der Waals surface area contributed by atoms with Crippen molar-refractivity contribution in [3.05, 3.63) is 90.5 Å². The summed E-state index contributed by atoms with van der Waals surface area (Å²) in [5.41, 5.74) is 0.639. The molecule has 0 saturated carbocycles. The van der Waals surface area contributed by atoms with Crippen LogP contribution in [0.25, 0.3) is 21.8 Å². The average Bonchev–Trinajstić information content (AvgIpc) is 2.68. The number of fused-ring (bicyclic) bond motifs is 2. The number of nitro groups is 1. The summed E-state index contributed by atoms with van der Waals surface area (Å²) in [7, 11) is 0. The van der Waals surface area contributed by atoms with Crippen molar-refractivity contribution in [2.24, 2.45) is 0 Å².